The fraction of sp³-hybridized carbons (Fsp3) is 0.138. The smallest absolute Gasteiger partial charge is 0.307 e. The SMILES string of the molecule is COc1ccccc1NC(=O)c1ccc(NC(=O)COC(=O)CCNS(=O)(=O)c2ccc3ccccc3c2)cc1. The van der Waals surface area contributed by atoms with Crippen LogP contribution in [0.15, 0.2) is 95.9 Å². The highest BCUT2D eigenvalue weighted by molar-refractivity contribution is 7.89. The normalized spacial score (nSPS) is 11.0. The molecule has 0 aliphatic rings. The van der Waals surface area contributed by atoms with Crippen molar-refractivity contribution in [2.45, 2.75) is 11.3 Å². The van der Waals surface area contributed by atoms with Crippen LogP contribution in [0.25, 0.3) is 10.8 Å². The number of ether oxygens (including phenoxy) is 2. The molecule has 4 aromatic rings. The first kappa shape index (κ1) is 28.3. The van der Waals surface area contributed by atoms with Crippen molar-refractivity contribution in [1.82, 2.24) is 4.72 Å². The van der Waals surface area contributed by atoms with Crippen molar-refractivity contribution in [3.05, 3.63) is 96.6 Å². The van der Waals surface area contributed by atoms with Crippen LogP contribution < -0.4 is 20.1 Å². The maximum Gasteiger partial charge on any atom is 0.307 e. The molecule has 0 radical (unpaired) electrons. The van der Waals surface area contributed by atoms with Gasteiger partial charge in [-0.1, -0.05) is 42.5 Å². The number of para-hydroxylation sites is 2. The molecule has 40 heavy (non-hydrogen) atoms. The number of hydrogen-bond donors (Lipinski definition) is 3. The number of esters is 1. The molecular weight excluding hydrogens is 534 g/mol. The number of fused-ring (bicyclic) bond motifs is 1. The minimum absolute atomic E-state index is 0.0854. The summed E-state index contributed by atoms with van der Waals surface area (Å²) in [6.07, 6.45) is -0.254. The van der Waals surface area contributed by atoms with E-state index >= 15 is 0 Å². The van der Waals surface area contributed by atoms with Gasteiger partial charge in [0.05, 0.1) is 24.1 Å². The van der Waals surface area contributed by atoms with Gasteiger partial charge in [-0.3, -0.25) is 14.4 Å². The molecule has 10 nitrogen and oxygen atoms in total. The second-order valence-corrected chi connectivity index (χ2v) is 10.4. The molecule has 0 saturated carbocycles. The molecule has 0 unspecified atom stereocenters. The molecule has 4 rings (SSSR count). The zero-order valence-electron chi connectivity index (χ0n) is 21.5. The van der Waals surface area contributed by atoms with Gasteiger partial charge in [-0.05, 0) is 59.3 Å². The third kappa shape index (κ3) is 7.43. The molecule has 0 fully saturated rings. The predicted octanol–water partition coefficient (Wildman–Crippen LogP) is 3.95. The number of hydrogen-bond acceptors (Lipinski definition) is 7. The van der Waals surface area contributed by atoms with Crippen molar-refractivity contribution in [3.8, 4) is 5.75 Å². The summed E-state index contributed by atoms with van der Waals surface area (Å²) in [7, 11) is -2.31. The number of carbonyl (C=O) groups is 3. The van der Waals surface area contributed by atoms with E-state index in [1.54, 1.807) is 48.5 Å². The number of methoxy groups -OCH3 is 1. The average molecular weight is 562 g/mol. The summed E-state index contributed by atoms with van der Waals surface area (Å²) in [4.78, 5) is 36.8. The van der Waals surface area contributed by atoms with Crippen molar-refractivity contribution in [2.24, 2.45) is 0 Å². The van der Waals surface area contributed by atoms with Crippen LogP contribution in [0.3, 0.4) is 0 Å². The molecule has 0 heterocycles. The minimum atomic E-state index is -3.82. The van der Waals surface area contributed by atoms with Gasteiger partial charge in [0.2, 0.25) is 10.0 Å². The fourth-order valence-corrected chi connectivity index (χ4v) is 4.83. The molecule has 0 saturated heterocycles. The van der Waals surface area contributed by atoms with Gasteiger partial charge in [-0.15, -0.1) is 0 Å². The molecule has 0 spiro atoms. The van der Waals surface area contributed by atoms with E-state index in [0.29, 0.717) is 22.7 Å². The summed E-state index contributed by atoms with van der Waals surface area (Å²) in [5.74, 6) is -1.15. The predicted molar refractivity (Wildman–Crippen MR) is 151 cm³/mol. The van der Waals surface area contributed by atoms with E-state index in [0.717, 1.165) is 10.8 Å². The van der Waals surface area contributed by atoms with Crippen LogP contribution in [0, 0.1) is 0 Å². The molecule has 0 bridgehead atoms. The van der Waals surface area contributed by atoms with E-state index in [9.17, 15) is 22.8 Å². The largest absolute Gasteiger partial charge is 0.495 e. The van der Waals surface area contributed by atoms with Gasteiger partial charge in [0.1, 0.15) is 5.75 Å². The summed E-state index contributed by atoms with van der Waals surface area (Å²) in [5, 5.41) is 7.02. The topological polar surface area (TPSA) is 140 Å². The fourth-order valence-electron chi connectivity index (χ4n) is 3.77. The van der Waals surface area contributed by atoms with Crippen LogP contribution in [-0.4, -0.2) is 46.5 Å². The maximum absolute atomic E-state index is 12.6. The molecule has 3 N–H and O–H groups in total. The van der Waals surface area contributed by atoms with Gasteiger partial charge in [-0.2, -0.15) is 0 Å². The van der Waals surface area contributed by atoms with E-state index in [4.69, 9.17) is 9.47 Å². The molecule has 2 amide bonds. The lowest BCUT2D eigenvalue weighted by Crippen LogP contribution is -2.28. The quantitative estimate of drug-likeness (QED) is 0.236. The second-order valence-electron chi connectivity index (χ2n) is 8.60. The molecule has 0 atom stereocenters. The van der Waals surface area contributed by atoms with Crippen molar-refractivity contribution in [1.29, 1.82) is 0 Å². The van der Waals surface area contributed by atoms with Gasteiger partial charge in [0.15, 0.2) is 6.61 Å². The Balaban J connectivity index is 1.20. The summed E-state index contributed by atoms with van der Waals surface area (Å²) in [6.45, 7) is -0.736. The third-order valence-corrected chi connectivity index (χ3v) is 7.26. The minimum Gasteiger partial charge on any atom is -0.495 e. The molecule has 0 aromatic heterocycles. The summed E-state index contributed by atoms with van der Waals surface area (Å²) >= 11 is 0. The lowest BCUT2D eigenvalue weighted by Gasteiger charge is -2.11. The maximum atomic E-state index is 12.6. The van der Waals surface area contributed by atoms with Crippen LogP contribution in [0.2, 0.25) is 0 Å². The van der Waals surface area contributed by atoms with Crippen LogP contribution in [0.5, 0.6) is 5.75 Å². The van der Waals surface area contributed by atoms with Crippen LogP contribution in [0.4, 0.5) is 11.4 Å². The first-order chi connectivity index (χ1) is 19.2. The van der Waals surface area contributed by atoms with E-state index in [-0.39, 0.29) is 23.8 Å². The second kappa shape index (κ2) is 12.9. The number of carbonyl (C=O) groups excluding carboxylic acids is 3. The Bertz CT molecular complexity index is 1640. The third-order valence-electron chi connectivity index (χ3n) is 5.80. The number of benzene rings is 4. The highest BCUT2D eigenvalue weighted by Crippen LogP contribution is 2.24. The van der Waals surface area contributed by atoms with Gasteiger partial charge < -0.3 is 20.1 Å². The number of anilines is 2. The van der Waals surface area contributed by atoms with Crippen molar-refractivity contribution >= 4 is 50.0 Å². The summed E-state index contributed by atoms with van der Waals surface area (Å²) < 4.78 is 37.6. The number of rotatable bonds is 11. The standard InChI is InChI=1S/C29H27N3O7S/c1-38-26-9-5-4-8-25(26)32-29(35)21-10-13-23(14-11-21)31-27(33)19-39-28(34)16-17-30-40(36,37)24-15-12-20-6-2-3-7-22(20)18-24/h2-15,18,30H,16-17,19H2,1H3,(H,31,33)(H,32,35). The first-order valence-corrected chi connectivity index (χ1v) is 13.7. The van der Waals surface area contributed by atoms with Crippen molar-refractivity contribution in [3.63, 3.8) is 0 Å². The van der Waals surface area contributed by atoms with E-state index < -0.39 is 28.5 Å². The Labute approximate surface area is 231 Å². The molecule has 4 aromatic carbocycles. The highest BCUT2D eigenvalue weighted by atomic mass is 32.2. The summed E-state index contributed by atoms with van der Waals surface area (Å²) in [5.41, 5.74) is 1.29. The zero-order valence-corrected chi connectivity index (χ0v) is 22.4. The van der Waals surface area contributed by atoms with Crippen LogP contribution >= 0.6 is 0 Å². The Morgan fingerprint density at radius 2 is 1.50 bits per heavy atom. The lowest BCUT2D eigenvalue weighted by molar-refractivity contribution is -0.147. The van der Waals surface area contributed by atoms with E-state index in [2.05, 4.69) is 15.4 Å². The molecule has 206 valence electrons. The van der Waals surface area contributed by atoms with E-state index in [1.807, 2.05) is 24.3 Å². The van der Waals surface area contributed by atoms with Gasteiger partial charge in [0.25, 0.3) is 11.8 Å². The molecule has 11 heteroatoms. The number of amides is 2. The van der Waals surface area contributed by atoms with E-state index in [1.165, 1.54) is 25.3 Å². The first-order valence-electron chi connectivity index (χ1n) is 12.2. The molecule has 0 aliphatic heterocycles. The monoisotopic (exact) mass is 561 g/mol. The number of sulfonamides is 1. The Kier molecular flexibility index (Phi) is 9.10. The Morgan fingerprint density at radius 3 is 2.25 bits per heavy atom. The molecule has 0 aliphatic carbocycles. The van der Waals surface area contributed by atoms with Crippen LogP contribution in [-0.2, 0) is 24.3 Å². The van der Waals surface area contributed by atoms with Crippen molar-refractivity contribution < 1.29 is 32.3 Å². The molecular formula is C29H27N3O7S. The van der Waals surface area contributed by atoms with Gasteiger partial charge in [-0.25, -0.2) is 13.1 Å². The Hall–Kier alpha value is -4.74. The van der Waals surface area contributed by atoms with Crippen LogP contribution in [0.1, 0.15) is 16.8 Å². The zero-order chi connectivity index (χ0) is 28.5. The van der Waals surface area contributed by atoms with Gasteiger partial charge >= 0.3 is 5.97 Å². The average Bonchev–Trinajstić information content (AvgIpc) is 2.96. The lowest BCUT2D eigenvalue weighted by atomic mass is 10.1. The summed E-state index contributed by atoms with van der Waals surface area (Å²) in [6, 6.07) is 25.3. The Morgan fingerprint density at radius 1 is 0.800 bits per heavy atom. The highest BCUT2D eigenvalue weighted by Gasteiger charge is 2.16. The van der Waals surface area contributed by atoms with Gasteiger partial charge in [0, 0.05) is 17.8 Å². The van der Waals surface area contributed by atoms with Crippen molar-refractivity contribution in [2.75, 3.05) is 30.9 Å². The number of nitrogens with one attached hydrogen (secondary N) is 3.